The second-order valence-electron chi connectivity index (χ2n) is 2.74. The van der Waals surface area contributed by atoms with E-state index in [0.29, 0.717) is 0 Å². The van der Waals surface area contributed by atoms with E-state index >= 15 is 0 Å². The summed E-state index contributed by atoms with van der Waals surface area (Å²) in [5.74, 6) is -2.87. The van der Waals surface area contributed by atoms with E-state index in [0.717, 1.165) is 7.11 Å². The third-order valence-corrected chi connectivity index (χ3v) is 1.64. The SMILES string of the molecule is [2H]c1c([2H])c(C[C@@]([2H])(N)C(=O)OC)c([2H])c(O)c1O. The number of phenolic OH excluding ortho intramolecular Hbond substituents is 2. The number of carbonyl (C=O) groups excluding carboxylic acids is 1. The predicted molar refractivity (Wildman–Crippen MR) is 53.5 cm³/mol. The maximum absolute atomic E-state index is 11.3. The summed E-state index contributed by atoms with van der Waals surface area (Å²) in [4.78, 5) is 11.3. The molecule has 0 aliphatic heterocycles. The van der Waals surface area contributed by atoms with Crippen LogP contribution in [0.2, 0.25) is 0 Å². The first-order valence-corrected chi connectivity index (χ1v) is 4.01. The lowest BCUT2D eigenvalue weighted by Crippen LogP contribution is -2.33. The number of rotatable bonds is 3. The van der Waals surface area contributed by atoms with E-state index in [-0.39, 0.29) is 5.56 Å². The number of nitrogens with two attached hydrogens (primary N) is 1. The van der Waals surface area contributed by atoms with Crippen LogP contribution in [0.1, 0.15) is 11.0 Å². The molecule has 5 heteroatoms. The zero-order chi connectivity index (χ0) is 15.0. The average molecular weight is 215 g/mol. The van der Waals surface area contributed by atoms with Crippen LogP contribution in [-0.4, -0.2) is 29.3 Å². The first kappa shape index (κ1) is 6.68. The minimum Gasteiger partial charge on any atom is -0.504 e. The molecule has 5 nitrogen and oxygen atoms in total. The van der Waals surface area contributed by atoms with Gasteiger partial charge < -0.3 is 20.7 Å². The molecule has 15 heavy (non-hydrogen) atoms. The fourth-order valence-corrected chi connectivity index (χ4v) is 0.909. The molecular formula is C10H13NO4. The summed E-state index contributed by atoms with van der Waals surface area (Å²) in [5.41, 5.74) is 5.11. The zero-order valence-corrected chi connectivity index (χ0v) is 8.00. The van der Waals surface area contributed by atoms with Crippen LogP contribution in [0, 0.1) is 0 Å². The molecule has 82 valence electrons. The largest absolute Gasteiger partial charge is 0.504 e. The van der Waals surface area contributed by atoms with Gasteiger partial charge in [0, 0.05) is 0 Å². The Morgan fingerprint density at radius 2 is 2.33 bits per heavy atom. The highest BCUT2D eigenvalue weighted by molar-refractivity contribution is 5.75. The van der Waals surface area contributed by atoms with Crippen molar-refractivity contribution in [2.75, 3.05) is 7.11 Å². The average Bonchev–Trinajstić information content (AvgIpc) is 2.38. The minimum atomic E-state index is -2.25. The first-order valence-electron chi connectivity index (χ1n) is 6.01. The molecule has 0 radical (unpaired) electrons. The Morgan fingerprint density at radius 1 is 1.67 bits per heavy atom. The molecule has 0 aliphatic rings. The van der Waals surface area contributed by atoms with Crippen LogP contribution in [0.3, 0.4) is 0 Å². The molecule has 0 spiro atoms. The van der Waals surface area contributed by atoms with Gasteiger partial charge in [0.25, 0.3) is 0 Å². The van der Waals surface area contributed by atoms with Gasteiger partial charge in [0.15, 0.2) is 11.5 Å². The minimum absolute atomic E-state index is 0.289. The molecule has 0 saturated carbocycles. The van der Waals surface area contributed by atoms with Gasteiger partial charge in [-0.2, -0.15) is 0 Å². The number of methoxy groups -OCH3 is 1. The van der Waals surface area contributed by atoms with Crippen LogP contribution >= 0.6 is 0 Å². The molecule has 1 atom stereocenters. The summed E-state index contributed by atoms with van der Waals surface area (Å²) in [6, 6.07) is -4.18. The van der Waals surface area contributed by atoms with E-state index in [2.05, 4.69) is 4.74 Å². The Labute approximate surface area is 92.7 Å². The van der Waals surface area contributed by atoms with Gasteiger partial charge in [0.2, 0.25) is 0 Å². The molecule has 0 saturated heterocycles. The second-order valence-corrected chi connectivity index (χ2v) is 2.74. The molecule has 0 fully saturated rings. The Hall–Kier alpha value is -1.75. The maximum atomic E-state index is 11.3. The van der Waals surface area contributed by atoms with Crippen LogP contribution < -0.4 is 5.73 Å². The number of ether oxygens (including phenoxy) is 1. The lowest BCUT2D eigenvalue weighted by Gasteiger charge is -2.09. The highest BCUT2D eigenvalue weighted by Crippen LogP contribution is 2.25. The van der Waals surface area contributed by atoms with E-state index < -0.39 is 48.0 Å². The fourth-order valence-electron chi connectivity index (χ4n) is 0.909. The molecule has 1 aromatic carbocycles. The molecule has 0 bridgehead atoms. The maximum Gasteiger partial charge on any atom is 0.322 e. The van der Waals surface area contributed by atoms with Gasteiger partial charge >= 0.3 is 5.97 Å². The molecule has 4 N–H and O–H groups in total. The Morgan fingerprint density at radius 3 is 2.93 bits per heavy atom. The Balaban J connectivity index is 3.34. The highest BCUT2D eigenvalue weighted by atomic mass is 16.5. The number of benzene rings is 1. The van der Waals surface area contributed by atoms with Gasteiger partial charge in [-0.25, -0.2) is 0 Å². The first-order chi connectivity index (χ1) is 8.63. The van der Waals surface area contributed by atoms with Crippen molar-refractivity contribution in [3.05, 3.63) is 23.7 Å². The van der Waals surface area contributed by atoms with Crippen molar-refractivity contribution in [1.82, 2.24) is 0 Å². The highest BCUT2D eigenvalue weighted by Gasteiger charge is 2.14. The smallest absolute Gasteiger partial charge is 0.322 e. The summed E-state index contributed by atoms with van der Waals surface area (Å²) < 4.78 is 34.4. The standard InChI is InChI=1S/C10H13NO4/c1-15-10(14)7(11)4-6-2-3-8(12)9(13)5-6/h2-3,5,7,12-13H,4,11H2,1H3/t7-/m1/s1/i2D,3D,5D,7D. The molecule has 1 aromatic rings. The summed E-state index contributed by atoms with van der Waals surface area (Å²) in [7, 11) is 1.03. The number of phenols is 2. The van der Waals surface area contributed by atoms with Gasteiger partial charge in [-0.15, -0.1) is 0 Å². The molecule has 0 aliphatic carbocycles. The number of carbonyl (C=O) groups is 1. The molecular weight excluding hydrogens is 198 g/mol. The van der Waals surface area contributed by atoms with Crippen molar-refractivity contribution in [2.45, 2.75) is 12.4 Å². The van der Waals surface area contributed by atoms with Crippen LogP contribution in [-0.2, 0) is 16.0 Å². The van der Waals surface area contributed by atoms with Gasteiger partial charge in [-0.3, -0.25) is 4.79 Å². The normalized spacial score (nSPS) is 18.0. The van der Waals surface area contributed by atoms with Crippen LogP contribution in [0.5, 0.6) is 11.5 Å². The van der Waals surface area contributed by atoms with E-state index in [1.54, 1.807) is 0 Å². The number of esters is 1. The van der Waals surface area contributed by atoms with E-state index in [9.17, 15) is 15.0 Å². The summed E-state index contributed by atoms with van der Waals surface area (Å²) >= 11 is 0. The van der Waals surface area contributed by atoms with Crippen molar-refractivity contribution in [2.24, 2.45) is 5.73 Å². The third kappa shape index (κ3) is 2.85. The summed E-state index contributed by atoms with van der Waals surface area (Å²) in [6.07, 6.45) is -0.600. The number of hydrogen-bond donors (Lipinski definition) is 3. The van der Waals surface area contributed by atoms with Crippen molar-refractivity contribution < 1.29 is 25.2 Å². The van der Waals surface area contributed by atoms with Crippen molar-refractivity contribution in [3.63, 3.8) is 0 Å². The summed E-state index contributed by atoms with van der Waals surface area (Å²) in [5, 5.41) is 18.7. The Kier molecular flexibility index (Phi) is 2.07. The molecule has 0 unspecified atom stereocenters. The number of hydrogen-bond acceptors (Lipinski definition) is 5. The molecule has 1 rings (SSSR count). The van der Waals surface area contributed by atoms with Crippen LogP contribution in [0.15, 0.2) is 18.1 Å². The fraction of sp³-hybridized carbons (Fsp3) is 0.300. The Bertz CT molecular complexity index is 504. The zero-order valence-electron chi connectivity index (χ0n) is 12.0. The lowest BCUT2D eigenvalue weighted by molar-refractivity contribution is -0.142. The third-order valence-electron chi connectivity index (χ3n) is 1.64. The van der Waals surface area contributed by atoms with E-state index in [1.165, 1.54) is 0 Å². The van der Waals surface area contributed by atoms with E-state index in [1.807, 2.05) is 0 Å². The second kappa shape index (κ2) is 4.65. The van der Waals surface area contributed by atoms with Crippen LogP contribution in [0.4, 0.5) is 0 Å². The predicted octanol–water partition coefficient (Wildman–Crippen LogP) is 0.141. The van der Waals surface area contributed by atoms with Crippen LogP contribution in [0.25, 0.3) is 0 Å². The monoisotopic (exact) mass is 215 g/mol. The van der Waals surface area contributed by atoms with Gasteiger partial charge in [-0.05, 0) is 24.1 Å². The topological polar surface area (TPSA) is 92.8 Å². The molecule has 0 aromatic heterocycles. The summed E-state index contributed by atoms with van der Waals surface area (Å²) in [6.45, 7) is 0. The van der Waals surface area contributed by atoms with Crippen molar-refractivity contribution in [1.29, 1.82) is 0 Å². The van der Waals surface area contributed by atoms with Gasteiger partial charge in [0.1, 0.15) is 6.02 Å². The quantitative estimate of drug-likeness (QED) is 0.492. The van der Waals surface area contributed by atoms with Crippen molar-refractivity contribution in [3.8, 4) is 11.5 Å². The lowest BCUT2D eigenvalue weighted by atomic mass is 10.1. The number of aromatic hydroxyl groups is 2. The van der Waals surface area contributed by atoms with Crippen molar-refractivity contribution >= 4 is 5.97 Å². The molecule has 0 heterocycles. The van der Waals surface area contributed by atoms with Gasteiger partial charge in [-0.1, -0.05) is 6.04 Å². The van der Waals surface area contributed by atoms with Gasteiger partial charge in [0.05, 0.1) is 12.6 Å². The molecule has 0 amide bonds. The van der Waals surface area contributed by atoms with E-state index in [4.69, 9.17) is 11.2 Å².